The van der Waals surface area contributed by atoms with Crippen molar-refractivity contribution in [3.05, 3.63) is 65.3 Å². The normalized spacial score (nSPS) is 13.8. The number of benzene rings is 1. The summed E-state index contributed by atoms with van der Waals surface area (Å²) in [4.78, 5) is 0. The van der Waals surface area contributed by atoms with Gasteiger partial charge in [-0.3, -0.25) is 0 Å². The van der Waals surface area contributed by atoms with Crippen LogP contribution in [0.1, 0.15) is 82.8 Å². The second-order valence-electron chi connectivity index (χ2n) is 8.51. The van der Waals surface area contributed by atoms with Crippen LogP contribution in [0.3, 0.4) is 0 Å². The lowest BCUT2D eigenvalue weighted by Crippen LogP contribution is -2.47. The van der Waals surface area contributed by atoms with Crippen molar-refractivity contribution in [3.63, 3.8) is 0 Å². The van der Waals surface area contributed by atoms with Crippen molar-refractivity contribution in [2.24, 2.45) is 5.73 Å². The molecule has 0 aromatic heterocycles. The lowest BCUT2D eigenvalue weighted by atomic mass is 9.93. The average molecular weight is 414 g/mol. The van der Waals surface area contributed by atoms with E-state index in [1.807, 2.05) is 0 Å². The Hall–Kier alpha value is -1.68. The van der Waals surface area contributed by atoms with E-state index in [-0.39, 0.29) is 13.2 Å². The van der Waals surface area contributed by atoms with Crippen LogP contribution in [-0.2, 0) is 0 Å². The van der Waals surface area contributed by atoms with E-state index in [0.717, 1.165) is 19.3 Å². The van der Waals surface area contributed by atoms with Gasteiger partial charge in [-0.15, -0.1) is 0 Å². The van der Waals surface area contributed by atoms with Crippen LogP contribution in [0.2, 0.25) is 0 Å². The van der Waals surface area contributed by atoms with Gasteiger partial charge in [0.2, 0.25) is 0 Å². The third-order valence-corrected chi connectivity index (χ3v) is 5.59. The molecule has 1 aromatic carbocycles. The van der Waals surface area contributed by atoms with Crippen LogP contribution in [0.5, 0.6) is 0 Å². The molecule has 1 aromatic rings. The van der Waals surface area contributed by atoms with E-state index in [9.17, 15) is 10.2 Å². The highest BCUT2D eigenvalue weighted by Crippen LogP contribution is 2.24. The van der Waals surface area contributed by atoms with Crippen molar-refractivity contribution in [2.75, 3.05) is 13.2 Å². The standard InChI is InChI=1S/C20H27NO2.C7H16/c1-16-7-10-19(11-8-16)18-6-2-4-17(9-12-18)5-3-13-20(21,14-22)15-23;1-3-5-7-6-4-2/h2,4,6-8,10-12,22-23H,3,5,9,13-15,21H2,1H3;3-7H2,1-2H3. The molecule has 3 nitrogen and oxygen atoms in total. The molecular weight excluding hydrogens is 370 g/mol. The quantitative estimate of drug-likeness (QED) is 0.384. The molecule has 1 aliphatic rings. The van der Waals surface area contributed by atoms with Gasteiger partial charge in [-0.25, -0.2) is 0 Å². The van der Waals surface area contributed by atoms with Gasteiger partial charge >= 0.3 is 0 Å². The monoisotopic (exact) mass is 413 g/mol. The topological polar surface area (TPSA) is 66.5 Å². The van der Waals surface area contributed by atoms with Gasteiger partial charge in [0, 0.05) is 0 Å². The average Bonchev–Trinajstić information content (AvgIpc) is 3.01. The van der Waals surface area contributed by atoms with Gasteiger partial charge < -0.3 is 15.9 Å². The fourth-order valence-electron chi connectivity index (χ4n) is 3.36. The Morgan fingerprint density at radius 2 is 1.57 bits per heavy atom. The minimum Gasteiger partial charge on any atom is -0.394 e. The van der Waals surface area contributed by atoms with Crippen LogP contribution >= 0.6 is 0 Å². The van der Waals surface area contributed by atoms with E-state index in [2.05, 4.69) is 69.3 Å². The molecule has 0 aliphatic heterocycles. The Kier molecular flexibility index (Phi) is 13.3. The van der Waals surface area contributed by atoms with Crippen molar-refractivity contribution in [2.45, 2.75) is 84.1 Å². The summed E-state index contributed by atoms with van der Waals surface area (Å²) in [7, 11) is 0. The number of rotatable bonds is 11. The number of hydrogen-bond donors (Lipinski definition) is 3. The van der Waals surface area contributed by atoms with Gasteiger partial charge in [-0.2, -0.15) is 0 Å². The van der Waals surface area contributed by atoms with Crippen molar-refractivity contribution >= 4 is 5.57 Å². The van der Waals surface area contributed by atoms with Crippen LogP contribution in [0.25, 0.3) is 5.57 Å². The Morgan fingerprint density at radius 1 is 0.933 bits per heavy atom. The molecule has 0 atom stereocenters. The van der Waals surface area contributed by atoms with Gasteiger partial charge in [0.25, 0.3) is 0 Å². The van der Waals surface area contributed by atoms with Crippen molar-refractivity contribution in [1.29, 1.82) is 0 Å². The van der Waals surface area contributed by atoms with E-state index in [1.165, 1.54) is 54.4 Å². The van der Waals surface area contributed by atoms with Crippen molar-refractivity contribution in [3.8, 4) is 0 Å². The molecule has 1 aliphatic carbocycles. The Balaban J connectivity index is 0.000000553. The largest absolute Gasteiger partial charge is 0.394 e. The van der Waals surface area contributed by atoms with Crippen LogP contribution in [0, 0.1) is 6.92 Å². The van der Waals surface area contributed by atoms with E-state index >= 15 is 0 Å². The van der Waals surface area contributed by atoms with Gasteiger partial charge in [0.1, 0.15) is 0 Å². The summed E-state index contributed by atoms with van der Waals surface area (Å²) in [5.41, 5.74) is 10.2. The molecule has 30 heavy (non-hydrogen) atoms. The van der Waals surface area contributed by atoms with Crippen molar-refractivity contribution < 1.29 is 10.2 Å². The minimum absolute atomic E-state index is 0.181. The lowest BCUT2D eigenvalue weighted by Gasteiger charge is -2.24. The van der Waals surface area contributed by atoms with E-state index in [0.29, 0.717) is 6.42 Å². The predicted molar refractivity (Wildman–Crippen MR) is 130 cm³/mol. The molecule has 3 heteroatoms. The van der Waals surface area contributed by atoms with Gasteiger partial charge in [0.15, 0.2) is 0 Å². The molecule has 0 unspecified atom stereocenters. The van der Waals surface area contributed by atoms with Crippen molar-refractivity contribution in [1.82, 2.24) is 0 Å². The number of allylic oxidation sites excluding steroid dienone is 6. The molecule has 0 saturated carbocycles. The second-order valence-corrected chi connectivity index (χ2v) is 8.51. The summed E-state index contributed by atoms with van der Waals surface area (Å²) in [5, 5.41) is 18.5. The first-order chi connectivity index (χ1) is 14.5. The fourth-order valence-corrected chi connectivity index (χ4v) is 3.36. The summed E-state index contributed by atoms with van der Waals surface area (Å²) in [5.74, 6) is 0. The zero-order chi connectivity index (χ0) is 22.2. The third-order valence-electron chi connectivity index (χ3n) is 5.59. The fraction of sp³-hybridized carbons (Fsp3) is 0.556. The first-order valence-electron chi connectivity index (χ1n) is 11.6. The Labute approximate surface area is 184 Å². The van der Waals surface area contributed by atoms with E-state index in [4.69, 9.17) is 5.73 Å². The Bertz CT molecular complexity index is 663. The number of aryl methyl sites for hydroxylation is 1. The summed E-state index contributed by atoms with van der Waals surface area (Å²) >= 11 is 0. The smallest absolute Gasteiger partial charge is 0.0633 e. The molecule has 0 bridgehead atoms. The number of aliphatic hydroxyl groups excluding tert-OH is 2. The molecule has 0 fully saturated rings. The summed E-state index contributed by atoms with van der Waals surface area (Å²) < 4.78 is 0. The summed E-state index contributed by atoms with van der Waals surface area (Å²) in [6.07, 6.45) is 19.0. The zero-order valence-electron chi connectivity index (χ0n) is 19.4. The molecule has 2 rings (SSSR count). The minimum atomic E-state index is -0.857. The maximum atomic E-state index is 9.23. The van der Waals surface area contributed by atoms with Crippen LogP contribution < -0.4 is 5.73 Å². The van der Waals surface area contributed by atoms with Gasteiger partial charge in [-0.1, -0.05) is 106 Å². The molecule has 0 radical (unpaired) electrons. The van der Waals surface area contributed by atoms with Crippen LogP contribution in [-0.4, -0.2) is 29.0 Å². The summed E-state index contributed by atoms with van der Waals surface area (Å²) in [6.45, 7) is 6.22. The lowest BCUT2D eigenvalue weighted by molar-refractivity contribution is 0.113. The molecule has 0 amide bonds. The first-order valence-corrected chi connectivity index (χ1v) is 11.6. The molecule has 0 heterocycles. The van der Waals surface area contributed by atoms with Gasteiger partial charge in [0.05, 0.1) is 18.8 Å². The maximum absolute atomic E-state index is 9.23. The zero-order valence-corrected chi connectivity index (χ0v) is 19.4. The third kappa shape index (κ3) is 10.4. The summed E-state index contributed by atoms with van der Waals surface area (Å²) in [6, 6.07) is 8.57. The number of nitrogens with two attached hydrogens (primary N) is 1. The highest BCUT2D eigenvalue weighted by molar-refractivity contribution is 5.75. The predicted octanol–water partition coefficient (Wildman–Crippen LogP) is 6.09. The highest BCUT2D eigenvalue weighted by atomic mass is 16.3. The first kappa shape index (κ1) is 26.4. The molecule has 0 saturated heterocycles. The second kappa shape index (κ2) is 15.2. The highest BCUT2D eigenvalue weighted by Gasteiger charge is 2.22. The molecule has 168 valence electrons. The molecular formula is C27H43NO2. The van der Waals surface area contributed by atoms with E-state index in [1.54, 1.807) is 0 Å². The Morgan fingerprint density at radius 3 is 2.13 bits per heavy atom. The SMILES string of the molecule is CCCCCCC.Cc1ccc(C2=CCC(CCCC(N)(CO)CO)=CC=C2)cc1. The number of hydrogen-bond acceptors (Lipinski definition) is 3. The molecule has 0 spiro atoms. The van der Waals surface area contributed by atoms with E-state index < -0.39 is 5.54 Å². The van der Waals surface area contributed by atoms with Crippen LogP contribution in [0.4, 0.5) is 0 Å². The van der Waals surface area contributed by atoms with Gasteiger partial charge in [-0.05, 0) is 43.7 Å². The molecule has 4 N–H and O–H groups in total. The number of aliphatic hydroxyl groups is 2. The maximum Gasteiger partial charge on any atom is 0.0633 e. The van der Waals surface area contributed by atoms with Crippen LogP contribution in [0.15, 0.2) is 54.1 Å². The number of unbranched alkanes of at least 4 members (excludes halogenated alkanes) is 4.